The first-order valence-corrected chi connectivity index (χ1v) is 6.17. The molecule has 0 saturated carbocycles. The van der Waals surface area contributed by atoms with Crippen LogP contribution in [0.5, 0.6) is 5.75 Å². The monoisotopic (exact) mass is 251 g/mol. The number of nitrogens with one attached hydrogen (secondary N) is 1. The summed E-state index contributed by atoms with van der Waals surface area (Å²) in [5.74, 6) is 0.696. The van der Waals surface area contributed by atoms with Crippen molar-refractivity contribution in [1.29, 1.82) is 0 Å². The van der Waals surface area contributed by atoms with E-state index < -0.39 is 0 Å². The van der Waals surface area contributed by atoms with Crippen LogP contribution in [0.1, 0.15) is 18.1 Å². The van der Waals surface area contributed by atoms with Gasteiger partial charge in [0.05, 0.1) is 20.3 Å². The molecule has 0 heterocycles. The predicted octanol–water partition coefficient (Wildman–Crippen LogP) is 1.70. The molecule has 0 spiro atoms. The third kappa shape index (κ3) is 4.75. The van der Waals surface area contributed by atoms with Crippen molar-refractivity contribution >= 4 is 5.97 Å². The highest BCUT2D eigenvalue weighted by Crippen LogP contribution is 2.18. The molecule has 1 aromatic rings. The van der Waals surface area contributed by atoms with Crippen LogP contribution in [0.25, 0.3) is 0 Å². The quantitative estimate of drug-likeness (QED) is 0.592. The first-order valence-electron chi connectivity index (χ1n) is 6.17. The van der Waals surface area contributed by atoms with E-state index in [0.29, 0.717) is 6.61 Å². The smallest absolute Gasteiger partial charge is 0.319 e. The molecule has 0 aliphatic carbocycles. The molecular weight excluding hydrogens is 230 g/mol. The van der Waals surface area contributed by atoms with E-state index in [9.17, 15) is 4.79 Å². The number of aryl methyl sites for hydroxylation is 1. The first-order chi connectivity index (χ1) is 8.67. The molecule has 0 radical (unpaired) electrons. The number of ether oxygens (including phenoxy) is 2. The van der Waals surface area contributed by atoms with E-state index in [0.717, 1.165) is 24.3 Å². The summed E-state index contributed by atoms with van der Waals surface area (Å²) in [5.41, 5.74) is 2.35. The molecule has 1 aromatic carbocycles. The van der Waals surface area contributed by atoms with Gasteiger partial charge in [-0.05, 0) is 44.0 Å². The average Bonchev–Trinajstić information content (AvgIpc) is 2.35. The Labute approximate surface area is 108 Å². The number of hydrogen-bond acceptors (Lipinski definition) is 4. The minimum Gasteiger partial charge on any atom is -0.496 e. The Morgan fingerprint density at radius 1 is 1.39 bits per heavy atom. The largest absolute Gasteiger partial charge is 0.496 e. The second-order valence-electron chi connectivity index (χ2n) is 4.04. The van der Waals surface area contributed by atoms with Gasteiger partial charge in [0, 0.05) is 0 Å². The minimum atomic E-state index is -0.205. The van der Waals surface area contributed by atoms with Crippen LogP contribution in [-0.2, 0) is 16.0 Å². The lowest BCUT2D eigenvalue weighted by Gasteiger charge is -2.08. The number of benzene rings is 1. The van der Waals surface area contributed by atoms with Gasteiger partial charge in [-0.1, -0.05) is 12.1 Å². The maximum Gasteiger partial charge on any atom is 0.319 e. The summed E-state index contributed by atoms with van der Waals surface area (Å²) >= 11 is 0. The highest BCUT2D eigenvalue weighted by Gasteiger charge is 2.02. The van der Waals surface area contributed by atoms with E-state index in [1.165, 1.54) is 5.56 Å². The van der Waals surface area contributed by atoms with E-state index in [2.05, 4.69) is 11.4 Å². The zero-order valence-corrected chi connectivity index (χ0v) is 11.3. The van der Waals surface area contributed by atoms with Gasteiger partial charge >= 0.3 is 5.97 Å². The van der Waals surface area contributed by atoms with Crippen molar-refractivity contribution < 1.29 is 14.3 Å². The van der Waals surface area contributed by atoms with Crippen LogP contribution in [0, 0.1) is 6.92 Å². The van der Waals surface area contributed by atoms with E-state index in [1.54, 1.807) is 14.0 Å². The fourth-order valence-corrected chi connectivity index (χ4v) is 1.73. The summed E-state index contributed by atoms with van der Waals surface area (Å²) in [4.78, 5) is 11.1. The molecule has 4 heteroatoms. The summed E-state index contributed by atoms with van der Waals surface area (Å²) in [6.07, 6.45) is 0.879. The molecule has 100 valence electrons. The Kier molecular flexibility index (Phi) is 6.22. The van der Waals surface area contributed by atoms with E-state index in [4.69, 9.17) is 9.47 Å². The second kappa shape index (κ2) is 7.71. The van der Waals surface area contributed by atoms with E-state index >= 15 is 0 Å². The van der Waals surface area contributed by atoms with Crippen molar-refractivity contribution in [3.63, 3.8) is 0 Å². The first kappa shape index (κ1) is 14.5. The SMILES string of the molecule is CCOC(=O)CNCCc1ccc(OC)c(C)c1. The zero-order valence-electron chi connectivity index (χ0n) is 11.3. The molecule has 1 N–H and O–H groups in total. The van der Waals surface area contributed by atoms with Crippen LogP contribution in [0.2, 0.25) is 0 Å². The summed E-state index contributed by atoms with van der Waals surface area (Å²) in [6.45, 7) is 5.28. The van der Waals surface area contributed by atoms with Crippen molar-refractivity contribution in [2.45, 2.75) is 20.3 Å². The molecule has 4 nitrogen and oxygen atoms in total. The van der Waals surface area contributed by atoms with Gasteiger partial charge in [-0.2, -0.15) is 0 Å². The van der Waals surface area contributed by atoms with Crippen molar-refractivity contribution in [2.75, 3.05) is 26.8 Å². The fourth-order valence-electron chi connectivity index (χ4n) is 1.73. The van der Waals surface area contributed by atoms with Gasteiger partial charge in [-0.3, -0.25) is 4.79 Å². The standard InChI is InChI=1S/C14H21NO3/c1-4-18-14(16)10-15-8-7-12-5-6-13(17-3)11(2)9-12/h5-6,9,15H,4,7-8,10H2,1-3H3. The molecule has 0 fully saturated rings. The lowest BCUT2D eigenvalue weighted by atomic mass is 10.1. The lowest BCUT2D eigenvalue weighted by Crippen LogP contribution is -2.26. The molecule has 1 rings (SSSR count). The van der Waals surface area contributed by atoms with Crippen LogP contribution in [0.15, 0.2) is 18.2 Å². The molecule has 0 bridgehead atoms. The average molecular weight is 251 g/mol. The van der Waals surface area contributed by atoms with Crippen LogP contribution in [0.4, 0.5) is 0 Å². The number of methoxy groups -OCH3 is 1. The van der Waals surface area contributed by atoms with E-state index in [-0.39, 0.29) is 12.5 Å². The molecule has 0 aromatic heterocycles. The molecule has 18 heavy (non-hydrogen) atoms. The second-order valence-corrected chi connectivity index (χ2v) is 4.04. The Balaban J connectivity index is 2.31. The predicted molar refractivity (Wildman–Crippen MR) is 70.9 cm³/mol. The molecule has 0 aliphatic heterocycles. The maximum atomic E-state index is 11.1. The third-order valence-corrected chi connectivity index (χ3v) is 2.62. The minimum absolute atomic E-state index is 0.205. The van der Waals surface area contributed by atoms with Crippen molar-refractivity contribution in [3.8, 4) is 5.75 Å². The van der Waals surface area contributed by atoms with Gasteiger partial charge in [0.15, 0.2) is 0 Å². The van der Waals surface area contributed by atoms with E-state index in [1.807, 2.05) is 19.1 Å². The van der Waals surface area contributed by atoms with Gasteiger partial charge in [0.2, 0.25) is 0 Å². The summed E-state index contributed by atoms with van der Waals surface area (Å²) in [5, 5.41) is 3.06. The fraction of sp³-hybridized carbons (Fsp3) is 0.500. The number of esters is 1. The molecule has 0 saturated heterocycles. The van der Waals surface area contributed by atoms with Crippen LogP contribution in [-0.4, -0.2) is 32.8 Å². The summed E-state index contributed by atoms with van der Waals surface area (Å²) in [7, 11) is 1.67. The highest BCUT2D eigenvalue weighted by atomic mass is 16.5. The third-order valence-electron chi connectivity index (χ3n) is 2.62. The van der Waals surface area contributed by atoms with Gasteiger partial charge in [-0.15, -0.1) is 0 Å². The number of hydrogen-bond donors (Lipinski definition) is 1. The summed E-state index contributed by atoms with van der Waals surface area (Å²) < 4.78 is 10.0. The Morgan fingerprint density at radius 2 is 2.17 bits per heavy atom. The Hall–Kier alpha value is -1.55. The maximum absolute atomic E-state index is 11.1. The van der Waals surface area contributed by atoms with Gasteiger partial charge in [0.25, 0.3) is 0 Å². The van der Waals surface area contributed by atoms with Gasteiger partial charge < -0.3 is 14.8 Å². The number of rotatable bonds is 7. The molecular formula is C14H21NO3. The molecule has 0 amide bonds. The van der Waals surface area contributed by atoms with Crippen LogP contribution in [0.3, 0.4) is 0 Å². The summed E-state index contributed by atoms with van der Waals surface area (Å²) in [6, 6.07) is 6.11. The Bertz CT molecular complexity index is 391. The van der Waals surface area contributed by atoms with Crippen LogP contribution < -0.4 is 10.1 Å². The highest BCUT2D eigenvalue weighted by molar-refractivity contribution is 5.71. The lowest BCUT2D eigenvalue weighted by molar-refractivity contribution is -0.141. The normalized spacial score (nSPS) is 10.2. The molecule has 0 atom stereocenters. The van der Waals surface area contributed by atoms with Crippen molar-refractivity contribution in [3.05, 3.63) is 29.3 Å². The topological polar surface area (TPSA) is 47.6 Å². The Morgan fingerprint density at radius 3 is 2.78 bits per heavy atom. The van der Waals surface area contributed by atoms with Crippen molar-refractivity contribution in [1.82, 2.24) is 5.32 Å². The number of carbonyl (C=O) groups is 1. The van der Waals surface area contributed by atoms with Crippen molar-refractivity contribution in [2.24, 2.45) is 0 Å². The zero-order chi connectivity index (χ0) is 13.4. The molecule has 0 unspecified atom stereocenters. The van der Waals surface area contributed by atoms with Gasteiger partial charge in [-0.25, -0.2) is 0 Å². The van der Waals surface area contributed by atoms with Gasteiger partial charge in [0.1, 0.15) is 5.75 Å². The molecule has 0 aliphatic rings. The number of carbonyl (C=O) groups excluding carboxylic acids is 1. The van der Waals surface area contributed by atoms with Crippen LogP contribution >= 0.6 is 0 Å².